The summed E-state index contributed by atoms with van der Waals surface area (Å²) in [5.74, 6) is -0.188. The molecule has 0 aliphatic heterocycles. The molecule has 2 aliphatic carbocycles. The summed E-state index contributed by atoms with van der Waals surface area (Å²) >= 11 is 0. The van der Waals surface area contributed by atoms with Gasteiger partial charge in [-0.25, -0.2) is 0 Å². The molecule has 4 atom stereocenters. The average Bonchev–Trinajstić information content (AvgIpc) is 2.66. The van der Waals surface area contributed by atoms with Crippen molar-refractivity contribution in [3.63, 3.8) is 0 Å². The molecule has 92 valence electrons. The molecule has 3 nitrogen and oxygen atoms in total. The first-order valence-electron chi connectivity index (χ1n) is 6.55. The van der Waals surface area contributed by atoms with Gasteiger partial charge >= 0.3 is 5.97 Å². The number of hydrogen-bond donors (Lipinski definition) is 1. The first-order valence-corrected chi connectivity index (χ1v) is 6.55. The van der Waals surface area contributed by atoms with Crippen LogP contribution in [0.25, 0.3) is 0 Å². The van der Waals surface area contributed by atoms with Crippen LogP contribution in [-0.4, -0.2) is 23.3 Å². The molecule has 16 heavy (non-hydrogen) atoms. The monoisotopic (exact) mass is 226 g/mol. The summed E-state index contributed by atoms with van der Waals surface area (Å²) in [4.78, 5) is 11.0. The van der Waals surface area contributed by atoms with Gasteiger partial charge in [0.15, 0.2) is 0 Å². The van der Waals surface area contributed by atoms with Gasteiger partial charge in [0, 0.05) is 0 Å². The van der Waals surface area contributed by atoms with Crippen molar-refractivity contribution >= 4 is 5.97 Å². The van der Waals surface area contributed by atoms with Gasteiger partial charge in [-0.15, -0.1) is 0 Å². The molecule has 2 saturated carbocycles. The van der Waals surface area contributed by atoms with Crippen LogP contribution in [0.5, 0.6) is 0 Å². The highest BCUT2D eigenvalue weighted by Crippen LogP contribution is 2.33. The van der Waals surface area contributed by atoms with E-state index in [9.17, 15) is 4.79 Å². The minimum Gasteiger partial charge on any atom is -0.481 e. The van der Waals surface area contributed by atoms with Crippen LogP contribution in [0.4, 0.5) is 0 Å². The maximum atomic E-state index is 11.0. The zero-order valence-electron chi connectivity index (χ0n) is 10.0. The highest BCUT2D eigenvalue weighted by atomic mass is 16.5. The lowest BCUT2D eigenvalue weighted by Gasteiger charge is -2.30. The Morgan fingerprint density at radius 3 is 2.62 bits per heavy atom. The number of hydrogen-bond acceptors (Lipinski definition) is 2. The van der Waals surface area contributed by atoms with E-state index in [0.717, 1.165) is 38.0 Å². The summed E-state index contributed by atoms with van der Waals surface area (Å²) in [5.41, 5.74) is 0. The Kier molecular flexibility index (Phi) is 3.85. The number of carbonyl (C=O) groups is 1. The lowest BCUT2D eigenvalue weighted by atomic mass is 9.88. The maximum absolute atomic E-state index is 11.0. The van der Waals surface area contributed by atoms with Gasteiger partial charge in [-0.05, 0) is 38.0 Å². The van der Waals surface area contributed by atoms with E-state index < -0.39 is 5.97 Å². The first kappa shape index (κ1) is 11.9. The fourth-order valence-corrected chi connectivity index (χ4v) is 3.12. The van der Waals surface area contributed by atoms with Crippen LogP contribution in [0.3, 0.4) is 0 Å². The number of carboxylic acids is 1. The molecular formula is C13H22O3. The second-order valence-electron chi connectivity index (χ2n) is 5.44. The molecule has 0 bridgehead atoms. The van der Waals surface area contributed by atoms with Crippen molar-refractivity contribution in [2.45, 2.75) is 64.1 Å². The molecular weight excluding hydrogens is 204 g/mol. The van der Waals surface area contributed by atoms with Crippen molar-refractivity contribution in [3.05, 3.63) is 0 Å². The van der Waals surface area contributed by atoms with E-state index in [0.29, 0.717) is 6.10 Å². The van der Waals surface area contributed by atoms with E-state index in [-0.39, 0.29) is 12.0 Å². The van der Waals surface area contributed by atoms with Crippen molar-refractivity contribution in [2.24, 2.45) is 11.8 Å². The average molecular weight is 226 g/mol. The Morgan fingerprint density at radius 1 is 1.19 bits per heavy atom. The lowest BCUT2D eigenvalue weighted by Crippen LogP contribution is -2.32. The van der Waals surface area contributed by atoms with Crippen molar-refractivity contribution in [1.82, 2.24) is 0 Å². The molecule has 0 aromatic rings. The van der Waals surface area contributed by atoms with Crippen LogP contribution in [0.2, 0.25) is 0 Å². The zero-order chi connectivity index (χ0) is 11.5. The molecule has 0 spiro atoms. The van der Waals surface area contributed by atoms with Crippen LogP contribution in [-0.2, 0) is 9.53 Å². The van der Waals surface area contributed by atoms with Gasteiger partial charge in [0.2, 0.25) is 0 Å². The van der Waals surface area contributed by atoms with Gasteiger partial charge in [-0.1, -0.05) is 19.8 Å². The van der Waals surface area contributed by atoms with Gasteiger partial charge in [-0.3, -0.25) is 4.79 Å². The fraction of sp³-hybridized carbons (Fsp3) is 0.923. The molecule has 4 unspecified atom stereocenters. The number of carboxylic acid groups (broad SMARTS) is 1. The van der Waals surface area contributed by atoms with E-state index in [1.54, 1.807) is 0 Å². The summed E-state index contributed by atoms with van der Waals surface area (Å²) in [6, 6.07) is 0. The number of rotatable bonds is 3. The van der Waals surface area contributed by atoms with Gasteiger partial charge in [0.25, 0.3) is 0 Å². The van der Waals surface area contributed by atoms with Gasteiger partial charge < -0.3 is 9.84 Å². The first-order chi connectivity index (χ1) is 7.66. The molecule has 2 fully saturated rings. The molecule has 0 heterocycles. The van der Waals surface area contributed by atoms with Crippen LogP contribution in [0.15, 0.2) is 0 Å². The zero-order valence-corrected chi connectivity index (χ0v) is 10.0. The van der Waals surface area contributed by atoms with E-state index in [1.807, 2.05) is 0 Å². The summed E-state index contributed by atoms with van der Waals surface area (Å²) in [6.45, 7) is 2.26. The van der Waals surface area contributed by atoms with Crippen LogP contribution < -0.4 is 0 Å². The summed E-state index contributed by atoms with van der Waals surface area (Å²) in [6.07, 6.45) is 7.79. The summed E-state index contributed by atoms with van der Waals surface area (Å²) < 4.78 is 6.02. The van der Waals surface area contributed by atoms with Gasteiger partial charge in [0.05, 0.1) is 18.1 Å². The lowest BCUT2D eigenvalue weighted by molar-refractivity contribution is -0.148. The van der Waals surface area contributed by atoms with Crippen molar-refractivity contribution in [1.29, 1.82) is 0 Å². The third-order valence-corrected chi connectivity index (χ3v) is 4.03. The van der Waals surface area contributed by atoms with Crippen molar-refractivity contribution in [3.8, 4) is 0 Å². The quantitative estimate of drug-likeness (QED) is 0.805. The molecule has 0 saturated heterocycles. The third kappa shape index (κ3) is 2.76. The normalized spacial score (nSPS) is 39.8. The Labute approximate surface area is 97.2 Å². The predicted octanol–water partition coefficient (Wildman–Crippen LogP) is 2.84. The molecule has 0 radical (unpaired) electrons. The van der Waals surface area contributed by atoms with Gasteiger partial charge in [-0.2, -0.15) is 0 Å². The van der Waals surface area contributed by atoms with E-state index in [1.165, 1.54) is 12.8 Å². The largest absolute Gasteiger partial charge is 0.481 e. The standard InChI is InChI=1S/C13H22O3/c1-9-4-2-5-10(8-9)16-12-7-3-6-11(12)13(14)15/h9-12H,2-8H2,1H3,(H,14,15). The smallest absolute Gasteiger partial charge is 0.309 e. The molecule has 0 aromatic heterocycles. The van der Waals surface area contributed by atoms with Crippen LogP contribution >= 0.6 is 0 Å². The van der Waals surface area contributed by atoms with Crippen molar-refractivity contribution in [2.75, 3.05) is 0 Å². The SMILES string of the molecule is CC1CCCC(OC2CCCC2C(=O)O)C1. The minimum atomic E-state index is -0.675. The second kappa shape index (κ2) is 5.17. The van der Waals surface area contributed by atoms with Gasteiger partial charge in [0.1, 0.15) is 0 Å². The minimum absolute atomic E-state index is 0.0206. The Morgan fingerprint density at radius 2 is 1.94 bits per heavy atom. The molecule has 0 aromatic carbocycles. The molecule has 0 amide bonds. The maximum Gasteiger partial charge on any atom is 0.309 e. The molecule has 3 heteroatoms. The predicted molar refractivity (Wildman–Crippen MR) is 61.3 cm³/mol. The Bertz CT molecular complexity index is 252. The number of ether oxygens (including phenoxy) is 1. The Hall–Kier alpha value is -0.570. The summed E-state index contributed by atoms with van der Waals surface area (Å²) in [5, 5.41) is 9.09. The van der Waals surface area contributed by atoms with Crippen molar-refractivity contribution < 1.29 is 14.6 Å². The van der Waals surface area contributed by atoms with E-state index in [4.69, 9.17) is 9.84 Å². The number of aliphatic carboxylic acids is 1. The molecule has 1 N–H and O–H groups in total. The van der Waals surface area contributed by atoms with Crippen LogP contribution in [0, 0.1) is 11.8 Å². The Balaban J connectivity index is 1.86. The highest BCUT2D eigenvalue weighted by molar-refractivity contribution is 5.71. The summed E-state index contributed by atoms with van der Waals surface area (Å²) in [7, 11) is 0. The van der Waals surface area contributed by atoms with E-state index >= 15 is 0 Å². The fourth-order valence-electron chi connectivity index (χ4n) is 3.12. The molecule has 2 aliphatic rings. The molecule has 2 rings (SSSR count). The topological polar surface area (TPSA) is 46.5 Å². The second-order valence-corrected chi connectivity index (χ2v) is 5.44. The van der Waals surface area contributed by atoms with E-state index in [2.05, 4.69) is 6.92 Å². The highest BCUT2D eigenvalue weighted by Gasteiger charge is 2.35. The van der Waals surface area contributed by atoms with Crippen LogP contribution in [0.1, 0.15) is 51.9 Å². The third-order valence-electron chi connectivity index (χ3n) is 4.03.